The summed E-state index contributed by atoms with van der Waals surface area (Å²) >= 11 is 15.1. The van der Waals surface area contributed by atoms with Gasteiger partial charge in [-0.1, -0.05) is 24.8 Å². The maximum absolute atomic E-state index is 14.6. The third-order valence-electron chi connectivity index (χ3n) is 18.6. The number of ether oxygens (including phenoxy) is 10. The minimum Gasteiger partial charge on any atom is -0.505 e. The number of nitrogens with zero attached hydrogens (tertiary/aromatic N) is 7. The van der Waals surface area contributed by atoms with E-state index in [-0.39, 0.29) is 98.9 Å². The molecule has 0 bridgehead atoms. The molecule has 0 aromatic heterocycles. The van der Waals surface area contributed by atoms with E-state index in [1.54, 1.807) is 94.1 Å². The molecule has 6 aliphatic heterocycles. The minimum atomic E-state index is -0.642. The lowest BCUT2D eigenvalue weighted by Gasteiger charge is -2.30. The minimum absolute atomic E-state index is 0.0207. The first-order valence-electron chi connectivity index (χ1n) is 39.8. The van der Waals surface area contributed by atoms with E-state index < -0.39 is 65.3 Å². The number of aliphatic hydroxyl groups excluding tert-OH is 2. The van der Waals surface area contributed by atoms with E-state index in [0.717, 1.165) is 78.5 Å². The van der Waals surface area contributed by atoms with Gasteiger partial charge in [-0.15, -0.1) is 0 Å². The molecule has 702 valence electrons. The maximum atomic E-state index is 14.6. The molecule has 0 saturated carbocycles. The Morgan fingerprint density at radius 1 is 0.531 bits per heavy atom. The van der Waals surface area contributed by atoms with Crippen LogP contribution in [0.3, 0.4) is 0 Å². The highest BCUT2D eigenvalue weighted by molar-refractivity contribution is 9.11. The van der Waals surface area contributed by atoms with Crippen molar-refractivity contribution in [3.8, 4) is 11.5 Å². The topological polar surface area (TPSA) is 327 Å². The molecule has 4 unspecified atom stereocenters. The summed E-state index contributed by atoms with van der Waals surface area (Å²) in [4.78, 5) is 60.4. The molecular formula is C87H97Br5F8N14O16. The average molecular weight is 2150 g/mol. The number of halogens is 13. The zero-order valence-corrected chi connectivity index (χ0v) is 78.7. The summed E-state index contributed by atoms with van der Waals surface area (Å²) in [6.45, 7) is 29.5. The third-order valence-corrected chi connectivity index (χ3v) is 21.9. The molecule has 0 spiro atoms. The molecular weight excluding hydrogens is 2050 g/mol. The standard InChI is InChI=1S/C14H18FN3O2.C14H22FN3O2.C12H14FN3O.C11H11BrFNO3.2C10H9BrFNO3.C10H9BrFNO2.C6H5BrFN/c1-16-11-3-4-12(18-7-5-17-6-8-18)13(15)14(11)20-10-9-19-2;1-20-10-12(9-19)17-11-2-3-14(13(15)8-11)18-6-4-16-5-7-18;1-14-9-3-4-10(11(13)12(9)17-2)16-7-5-15-6-8-16;1-16-5-8-6-17-11(15)14(8)7-2-3-9(12)10(13)4-7;11-8-2-1-6(3-9(8)12)13-10(14)16-5-7-4-15-7;11-8-2-1-6(3-9(8)12)13-7(4-14)5-16-10(13)15;1-2-5-15-10(14)13-7-3-4-8(11)9(12)6-7;7-5-2-1-4(9)3-6(5)8/h3-4,17H,5-10H2,2H3;2-3,8,12,16-17,19H,4-7,9-10H2,1H3;3-4,15H,5-8H2,2H3;2-4,8H,5-6H2,1H3;1-3,7H,4-5H2,(H,13,14);1-3,7,14H,4-5H2;2-4,6H,1,5H2,(H,13,14);1-3H,9H2. The number of hydrogen-bond donors (Lipinski definition) is 9. The van der Waals surface area contributed by atoms with Crippen LogP contribution in [0.15, 0.2) is 168 Å². The van der Waals surface area contributed by atoms with Crippen molar-refractivity contribution in [1.82, 2.24) is 16.0 Å². The Labute approximate surface area is 788 Å². The van der Waals surface area contributed by atoms with Crippen molar-refractivity contribution in [3.05, 3.63) is 238 Å². The molecule has 6 fully saturated rings. The van der Waals surface area contributed by atoms with Crippen LogP contribution in [0, 0.1) is 59.7 Å². The van der Waals surface area contributed by atoms with E-state index in [4.69, 9.17) is 66.6 Å². The maximum Gasteiger partial charge on any atom is 0.414 e. The van der Waals surface area contributed by atoms with Gasteiger partial charge in [-0.3, -0.25) is 20.4 Å². The molecule has 0 radical (unpaired) electrons. The Balaban J connectivity index is 0.000000205. The number of benzene rings is 8. The first kappa shape index (κ1) is 107. The number of aliphatic hydroxyl groups is 2. The summed E-state index contributed by atoms with van der Waals surface area (Å²) in [7, 11) is 6.04. The molecule has 43 heteroatoms. The van der Waals surface area contributed by atoms with Crippen LogP contribution >= 0.6 is 79.6 Å². The van der Waals surface area contributed by atoms with Crippen molar-refractivity contribution in [2.45, 2.75) is 24.2 Å². The highest BCUT2D eigenvalue weighted by Crippen LogP contribution is 2.39. The Hall–Kier alpha value is -10.4. The number of nitrogens with two attached hydrogens (primary N) is 1. The molecule has 0 aliphatic carbocycles. The van der Waals surface area contributed by atoms with Crippen LogP contribution in [0.2, 0.25) is 0 Å². The quantitative estimate of drug-likeness (QED) is 0.00516. The van der Waals surface area contributed by atoms with Crippen molar-refractivity contribution in [1.29, 1.82) is 0 Å². The fourth-order valence-corrected chi connectivity index (χ4v) is 13.4. The first-order valence-corrected chi connectivity index (χ1v) is 43.7. The van der Waals surface area contributed by atoms with Crippen molar-refractivity contribution < 1.29 is 112 Å². The van der Waals surface area contributed by atoms with Crippen LogP contribution in [0.5, 0.6) is 11.5 Å². The number of epoxide rings is 1. The van der Waals surface area contributed by atoms with Gasteiger partial charge >= 0.3 is 24.4 Å². The Morgan fingerprint density at radius 2 is 0.954 bits per heavy atom. The number of anilines is 9. The van der Waals surface area contributed by atoms with Gasteiger partial charge in [-0.05, 0) is 201 Å². The van der Waals surface area contributed by atoms with Crippen LogP contribution in [-0.4, -0.2) is 238 Å². The van der Waals surface area contributed by atoms with Gasteiger partial charge in [0.15, 0.2) is 23.1 Å². The van der Waals surface area contributed by atoms with Crippen molar-refractivity contribution >= 4 is 167 Å². The summed E-state index contributed by atoms with van der Waals surface area (Å²) in [5.74, 6) is -3.18. The fourth-order valence-electron chi connectivity index (χ4n) is 12.1. The molecule has 4 atom stereocenters. The van der Waals surface area contributed by atoms with E-state index in [2.05, 4.69) is 133 Å². The molecule has 6 aliphatic rings. The second kappa shape index (κ2) is 56.4. The molecule has 30 nitrogen and oxygen atoms in total. The highest BCUT2D eigenvalue weighted by atomic mass is 79.9. The molecule has 6 heterocycles. The first-order chi connectivity index (χ1) is 62.5. The van der Waals surface area contributed by atoms with Crippen LogP contribution in [0.25, 0.3) is 9.69 Å². The smallest absolute Gasteiger partial charge is 0.414 e. The van der Waals surface area contributed by atoms with Crippen LogP contribution in [-0.2, 0) is 37.9 Å². The summed E-state index contributed by atoms with van der Waals surface area (Å²) in [5, 5.41) is 35.8. The molecule has 8 aromatic rings. The number of piperazine rings is 3. The molecule has 14 rings (SSSR count). The monoisotopic (exact) mass is 2140 g/mol. The largest absolute Gasteiger partial charge is 0.505 e. The highest BCUT2D eigenvalue weighted by Gasteiger charge is 2.36. The lowest BCUT2D eigenvalue weighted by molar-refractivity contribution is 0.144. The van der Waals surface area contributed by atoms with E-state index in [1.165, 1.54) is 77.6 Å². The molecule has 130 heavy (non-hydrogen) atoms. The predicted octanol–water partition coefficient (Wildman–Crippen LogP) is 16.8. The van der Waals surface area contributed by atoms with Gasteiger partial charge in [-0.2, -0.15) is 0 Å². The van der Waals surface area contributed by atoms with Gasteiger partial charge in [0.05, 0.1) is 129 Å². The zero-order valence-electron chi connectivity index (χ0n) is 70.8. The molecule has 6 saturated heterocycles. The van der Waals surface area contributed by atoms with Gasteiger partial charge in [0.2, 0.25) is 11.4 Å². The summed E-state index contributed by atoms with van der Waals surface area (Å²) < 4.78 is 159. The molecule has 8 aromatic carbocycles. The Kier molecular flexibility index (Phi) is 46.3. The van der Waals surface area contributed by atoms with E-state index >= 15 is 0 Å². The number of rotatable bonds is 24. The summed E-state index contributed by atoms with van der Waals surface area (Å²) in [6.07, 6.45) is -0.835. The van der Waals surface area contributed by atoms with Crippen LogP contribution in [0.1, 0.15) is 0 Å². The Bertz CT molecular complexity index is 5110. The number of hydrogen-bond acceptors (Lipinski definition) is 24. The predicted molar refractivity (Wildman–Crippen MR) is 496 cm³/mol. The number of carbonyl (C=O) groups is 4. The average Bonchev–Trinajstić information content (AvgIpc) is 0.964. The number of amides is 4. The second-order valence-corrected chi connectivity index (χ2v) is 32.0. The van der Waals surface area contributed by atoms with Gasteiger partial charge in [0, 0.05) is 123 Å². The van der Waals surface area contributed by atoms with Gasteiger partial charge in [-0.25, -0.2) is 64.0 Å². The number of cyclic esters (lactones) is 2. The van der Waals surface area contributed by atoms with Crippen LogP contribution < -0.4 is 71.6 Å². The number of methoxy groups -OCH3 is 4. The second-order valence-electron chi connectivity index (χ2n) is 27.8. The van der Waals surface area contributed by atoms with E-state index in [9.17, 15) is 59.4 Å². The Morgan fingerprint density at radius 3 is 1.37 bits per heavy atom. The van der Waals surface area contributed by atoms with Crippen molar-refractivity contribution in [3.63, 3.8) is 0 Å². The molecule has 10 N–H and O–H groups in total. The number of nitrogen functional groups attached to an aromatic ring is 1. The SMILES string of the molecule is C=CCOC(=O)Nc1ccc(Br)c(F)c1.COCC(CO)Nc1ccc(N2CCNCC2)c(F)c1.COCC1COC(=O)N1c1ccc(Br)c(F)c1.Nc1ccc(Br)c(F)c1.O=C(Nc1ccc(Br)c(F)c1)OCC1CO1.O=C1OCC(CO)N1c1ccc(Br)c(F)c1.[C-]#[N+]c1ccc(N2CCNCC2)c(F)c1OC.[C-]#[N+]c1ccc(N2CCNCC2)c(F)c1OCCOC. The normalized spacial score (nSPS) is 15.9. The number of nitrogens with one attached hydrogen (secondary N) is 6. The van der Waals surface area contributed by atoms with E-state index in [1.807, 2.05) is 20.8 Å². The summed E-state index contributed by atoms with van der Waals surface area (Å²) in [6, 6.07) is 32.5. The van der Waals surface area contributed by atoms with Gasteiger partial charge in [0.25, 0.3) is 0 Å². The summed E-state index contributed by atoms with van der Waals surface area (Å²) in [5.41, 5.74) is 9.92. The number of carbonyl (C=O) groups excluding carboxylic acids is 4. The fraction of sp³-hybridized carbons (Fsp3) is 0.356. The lowest BCUT2D eigenvalue weighted by atomic mass is 10.2. The van der Waals surface area contributed by atoms with Crippen LogP contribution in [0.4, 0.5) is 117 Å². The lowest BCUT2D eigenvalue weighted by Crippen LogP contribution is -2.43. The van der Waals surface area contributed by atoms with E-state index in [0.29, 0.717) is 100.0 Å². The van der Waals surface area contributed by atoms with Crippen molar-refractivity contribution in [2.24, 2.45) is 0 Å². The third kappa shape index (κ3) is 34.1. The molecule has 4 amide bonds. The van der Waals surface area contributed by atoms with Gasteiger partial charge < -0.3 is 99.3 Å². The zero-order chi connectivity index (χ0) is 94.8. The van der Waals surface area contributed by atoms with Crippen molar-refractivity contribution in [2.75, 3.05) is 226 Å². The van der Waals surface area contributed by atoms with Gasteiger partial charge in [0.1, 0.15) is 74.0 Å².